The summed E-state index contributed by atoms with van der Waals surface area (Å²) in [7, 11) is 0. The van der Waals surface area contributed by atoms with Crippen molar-refractivity contribution >= 4 is 27.8 Å². The van der Waals surface area contributed by atoms with Gasteiger partial charge in [-0.1, -0.05) is 0 Å². The summed E-state index contributed by atoms with van der Waals surface area (Å²) in [6.45, 7) is 2.13. The largest absolute Gasteiger partial charge is 0.356 e. The number of aromatic nitrogens is 6. The third kappa shape index (κ3) is 2.82. The van der Waals surface area contributed by atoms with Gasteiger partial charge in [0.05, 0.1) is 22.4 Å². The number of hydrogen-bond donors (Lipinski definition) is 2. The zero-order chi connectivity index (χ0) is 19.9. The molecule has 6 heterocycles. The third-order valence-electron chi connectivity index (χ3n) is 5.82. The highest BCUT2D eigenvalue weighted by Gasteiger charge is 2.18. The molecule has 1 aliphatic rings. The van der Waals surface area contributed by atoms with E-state index in [1.807, 2.05) is 36.5 Å². The van der Waals surface area contributed by atoms with Crippen molar-refractivity contribution in [2.75, 3.05) is 18.0 Å². The number of rotatable bonds is 3. The van der Waals surface area contributed by atoms with Gasteiger partial charge in [0.15, 0.2) is 0 Å². The molecular weight excluding hydrogens is 374 g/mol. The summed E-state index contributed by atoms with van der Waals surface area (Å²) in [5, 5.41) is 8.82. The van der Waals surface area contributed by atoms with Crippen LogP contribution in [0.3, 0.4) is 0 Å². The fraction of sp³-hybridized carbons (Fsp3) is 0.217. The Bertz CT molecular complexity index is 1330. The molecule has 1 aliphatic heterocycles. The Morgan fingerprint density at radius 2 is 1.73 bits per heavy atom. The highest BCUT2D eigenvalue weighted by molar-refractivity contribution is 5.98. The van der Waals surface area contributed by atoms with Crippen LogP contribution in [0.1, 0.15) is 19.3 Å². The topological polar surface area (TPSA) is 86.4 Å². The van der Waals surface area contributed by atoms with Gasteiger partial charge in [-0.2, -0.15) is 5.10 Å². The van der Waals surface area contributed by atoms with E-state index in [0.717, 1.165) is 63.5 Å². The van der Waals surface area contributed by atoms with Crippen molar-refractivity contribution in [3.63, 3.8) is 0 Å². The van der Waals surface area contributed by atoms with Gasteiger partial charge in [-0.3, -0.25) is 10.1 Å². The fourth-order valence-electron chi connectivity index (χ4n) is 4.29. The normalized spacial score (nSPS) is 14.6. The molecule has 148 valence electrons. The molecule has 5 aromatic heterocycles. The molecule has 0 aliphatic carbocycles. The summed E-state index contributed by atoms with van der Waals surface area (Å²) in [6.07, 6.45) is 9.20. The molecule has 30 heavy (non-hydrogen) atoms. The van der Waals surface area contributed by atoms with Gasteiger partial charge >= 0.3 is 0 Å². The number of anilines is 1. The molecule has 1 saturated heterocycles. The molecule has 6 rings (SSSR count). The molecule has 0 saturated carbocycles. The molecule has 1 fully saturated rings. The number of nitrogens with one attached hydrogen (secondary N) is 2. The minimum absolute atomic E-state index is 0.821. The predicted molar refractivity (Wildman–Crippen MR) is 118 cm³/mol. The zero-order valence-electron chi connectivity index (χ0n) is 16.5. The number of pyridine rings is 3. The first kappa shape index (κ1) is 17.1. The number of nitrogens with zero attached hydrogens (tertiary/aromatic N) is 5. The maximum atomic E-state index is 4.90. The average Bonchev–Trinajstić information content (AvgIpc) is 3.43. The summed E-state index contributed by atoms with van der Waals surface area (Å²) in [4.78, 5) is 19.6. The Morgan fingerprint density at radius 3 is 2.60 bits per heavy atom. The van der Waals surface area contributed by atoms with Gasteiger partial charge in [0.2, 0.25) is 0 Å². The second kappa shape index (κ2) is 6.95. The predicted octanol–water partition coefficient (Wildman–Crippen LogP) is 4.55. The first-order valence-electron chi connectivity index (χ1n) is 10.4. The number of piperidine rings is 1. The van der Waals surface area contributed by atoms with Crippen LogP contribution in [0, 0.1) is 0 Å². The van der Waals surface area contributed by atoms with Crippen molar-refractivity contribution in [2.45, 2.75) is 19.3 Å². The van der Waals surface area contributed by atoms with E-state index in [4.69, 9.17) is 9.97 Å². The minimum Gasteiger partial charge on any atom is -0.356 e. The maximum Gasteiger partial charge on any atom is 0.137 e. The molecular formula is C23H21N7. The summed E-state index contributed by atoms with van der Waals surface area (Å²) in [5.41, 5.74) is 6.54. The number of hydrogen-bond acceptors (Lipinski definition) is 5. The summed E-state index contributed by atoms with van der Waals surface area (Å²) >= 11 is 0. The van der Waals surface area contributed by atoms with E-state index < -0.39 is 0 Å². The first-order valence-corrected chi connectivity index (χ1v) is 10.4. The lowest BCUT2D eigenvalue weighted by Gasteiger charge is -2.28. The molecule has 0 spiro atoms. The second-order valence-corrected chi connectivity index (χ2v) is 7.73. The molecule has 0 amide bonds. The SMILES string of the molecule is c1cc(-c2ccc3[nH]nc(-c4cc5c(N6CCCCC6)nccc5[nH]4)c3n2)ccn1. The van der Waals surface area contributed by atoms with E-state index in [0.29, 0.717) is 0 Å². The van der Waals surface area contributed by atoms with E-state index >= 15 is 0 Å². The van der Waals surface area contributed by atoms with E-state index in [9.17, 15) is 0 Å². The summed E-state index contributed by atoms with van der Waals surface area (Å²) in [5.74, 6) is 1.06. The monoisotopic (exact) mass is 395 g/mol. The second-order valence-electron chi connectivity index (χ2n) is 7.73. The van der Waals surface area contributed by atoms with E-state index in [1.54, 1.807) is 12.4 Å². The van der Waals surface area contributed by atoms with Crippen LogP contribution in [0.25, 0.3) is 44.6 Å². The van der Waals surface area contributed by atoms with Crippen molar-refractivity contribution < 1.29 is 0 Å². The van der Waals surface area contributed by atoms with Crippen LogP contribution < -0.4 is 4.90 Å². The molecule has 0 aromatic carbocycles. The van der Waals surface area contributed by atoms with Gasteiger partial charge in [0.1, 0.15) is 17.0 Å². The molecule has 7 nitrogen and oxygen atoms in total. The average molecular weight is 395 g/mol. The van der Waals surface area contributed by atoms with Crippen molar-refractivity contribution in [1.29, 1.82) is 0 Å². The molecule has 0 unspecified atom stereocenters. The standard InChI is InChI=1S/C23H21N7/c1-2-12-30(13-3-1)23-16-14-20(26-18(16)8-11-25-23)22-21-19(28-29-22)5-4-17(27-21)15-6-9-24-10-7-15/h4-11,14,26H,1-3,12-13H2,(H,28,29). The molecule has 0 atom stereocenters. The Hall–Kier alpha value is -3.74. The lowest BCUT2D eigenvalue weighted by Crippen LogP contribution is -2.30. The molecule has 0 bridgehead atoms. The third-order valence-corrected chi connectivity index (χ3v) is 5.82. The lowest BCUT2D eigenvalue weighted by molar-refractivity contribution is 0.575. The Balaban J connectivity index is 1.47. The maximum absolute atomic E-state index is 4.90. The molecule has 2 N–H and O–H groups in total. The highest BCUT2D eigenvalue weighted by Crippen LogP contribution is 2.33. The summed E-state index contributed by atoms with van der Waals surface area (Å²) < 4.78 is 0. The van der Waals surface area contributed by atoms with Crippen molar-refractivity contribution in [3.8, 4) is 22.6 Å². The van der Waals surface area contributed by atoms with Crippen molar-refractivity contribution in [2.24, 2.45) is 0 Å². The number of fused-ring (bicyclic) bond motifs is 2. The van der Waals surface area contributed by atoms with Gasteiger partial charge in [-0.25, -0.2) is 9.97 Å². The Labute approximate surface area is 173 Å². The zero-order valence-corrected chi connectivity index (χ0v) is 16.5. The van der Waals surface area contributed by atoms with Crippen LogP contribution in [0.4, 0.5) is 5.82 Å². The van der Waals surface area contributed by atoms with Crippen molar-refractivity contribution in [3.05, 3.63) is 55.0 Å². The molecule has 5 aromatic rings. The van der Waals surface area contributed by atoms with Gasteiger partial charge < -0.3 is 9.88 Å². The summed E-state index contributed by atoms with van der Waals surface area (Å²) in [6, 6.07) is 12.1. The van der Waals surface area contributed by atoms with Crippen molar-refractivity contribution in [1.82, 2.24) is 30.1 Å². The van der Waals surface area contributed by atoms with Crippen LogP contribution >= 0.6 is 0 Å². The lowest BCUT2D eigenvalue weighted by atomic mass is 10.1. The first-order chi connectivity index (χ1) is 14.9. The van der Waals surface area contributed by atoms with Gasteiger partial charge in [-0.15, -0.1) is 0 Å². The molecule has 7 heteroatoms. The Morgan fingerprint density at radius 1 is 0.867 bits per heavy atom. The smallest absolute Gasteiger partial charge is 0.137 e. The van der Waals surface area contributed by atoms with Crippen LogP contribution in [0.2, 0.25) is 0 Å². The van der Waals surface area contributed by atoms with Crippen LogP contribution in [-0.4, -0.2) is 43.2 Å². The van der Waals surface area contributed by atoms with Crippen LogP contribution in [0.15, 0.2) is 55.0 Å². The van der Waals surface area contributed by atoms with Gasteiger partial charge in [0, 0.05) is 42.6 Å². The fourth-order valence-corrected chi connectivity index (χ4v) is 4.29. The number of aromatic amines is 2. The van der Waals surface area contributed by atoms with Gasteiger partial charge in [0.25, 0.3) is 0 Å². The minimum atomic E-state index is 0.821. The highest BCUT2D eigenvalue weighted by atomic mass is 15.2. The Kier molecular flexibility index (Phi) is 3.97. The number of H-pyrrole nitrogens is 2. The molecule has 0 radical (unpaired) electrons. The van der Waals surface area contributed by atoms with Crippen LogP contribution in [0.5, 0.6) is 0 Å². The quantitative estimate of drug-likeness (QED) is 0.468. The van der Waals surface area contributed by atoms with E-state index in [2.05, 4.69) is 31.1 Å². The van der Waals surface area contributed by atoms with E-state index in [-0.39, 0.29) is 0 Å². The van der Waals surface area contributed by atoms with Gasteiger partial charge in [-0.05, 0) is 55.7 Å². The van der Waals surface area contributed by atoms with Crippen LogP contribution in [-0.2, 0) is 0 Å². The van der Waals surface area contributed by atoms with E-state index in [1.165, 1.54) is 19.3 Å².